The zero-order chi connectivity index (χ0) is 12.7. The van der Waals surface area contributed by atoms with Crippen LogP contribution in [0.25, 0.3) is 0 Å². The normalized spacial score (nSPS) is 17.4. The van der Waals surface area contributed by atoms with E-state index in [1.54, 1.807) is 0 Å². The fourth-order valence-electron chi connectivity index (χ4n) is 2.50. The van der Waals surface area contributed by atoms with Crippen LogP contribution in [-0.4, -0.2) is 37.0 Å². The lowest BCUT2D eigenvalue weighted by Crippen LogP contribution is -2.34. The minimum absolute atomic E-state index is 0.347. The van der Waals surface area contributed by atoms with Crippen molar-refractivity contribution in [2.45, 2.75) is 46.5 Å². The van der Waals surface area contributed by atoms with Gasteiger partial charge in [-0.25, -0.2) is 0 Å². The first-order valence-corrected chi connectivity index (χ1v) is 7.12. The highest BCUT2D eigenvalue weighted by Gasteiger charge is 2.17. The molecule has 3 nitrogen and oxygen atoms in total. The second kappa shape index (κ2) is 7.70. The Morgan fingerprint density at radius 1 is 1.35 bits per heavy atom. The van der Waals surface area contributed by atoms with E-state index in [4.69, 9.17) is 0 Å². The molecule has 1 aliphatic rings. The predicted molar refractivity (Wildman–Crippen MR) is 71.9 cm³/mol. The van der Waals surface area contributed by atoms with Crippen LogP contribution < -0.4 is 5.32 Å². The van der Waals surface area contributed by atoms with E-state index in [9.17, 15) is 4.79 Å². The van der Waals surface area contributed by atoms with Crippen molar-refractivity contribution in [1.29, 1.82) is 0 Å². The third-order valence-corrected chi connectivity index (χ3v) is 3.55. The van der Waals surface area contributed by atoms with E-state index < -0.39 is 0 Å². The molecular weight excluding hydrogens is 212 g/mol. The van der Waals surface area contributed by atoms with E-state index in [1.165, 1.54) is 12.8 Å². The molecule has 0 aromatic heterocycles. The fraction of sp³-hybridized carbons (Fsp3) is 0.929. The first kappa shape index (κ1) is 14.5. The van der Waals surface area contributed by atoms with Crippen LogP contribution in [0.4, 0.5) is 0 Å². The van der Waals surface area contributed by atoms with Crippen molar-refractivity contribution in [3.05, 3.63) is 0 Å². The average Bonchev–Trinajstić information content (AvgIpc) is 2.34. The number of carbonyl (C=O) groups is 1. The SMILES string of the molecule is CCN(CC(C)C)C(=O)CCC1CCNCC1. The fourth-order valence-corrected chi connectivity index (χ4v) is 2.50. The van der Waals surface area contributed by atoms with Gasteiger partial charge in [-0.3, -0.25) is 4.79 Å². The van der Waals surface area contributed by atoms with Gasteiger partial charge in [-0.2, -0.15) is 0 Å². The number of nitrogens with zero attached hydrogens (tertiary/aromatic N) is 1. The summed E-state index contributed by atoms with van der Waals surface area (Å²) in [6.45, 7) is 10.4. The van der Waals surface area contributed by atoms with Crippen molar-refractivity contribution in [2.24, 2.45) is 11.8 Å². The number of hydrogen-bond acceptors (Lipinski definition) is 2. The Balaban J connectivity index is 2.26. The maximum absolute atomic E-state index is 12.1. The molecule has 0 aromatic carbocycles. The molecule has 0 unspecified atom stereocenters. The second-order valence-electron chi connectivity index (χ2n) is 5.56. The van der Waals surface area contributed by atoms with Crippen molar-refractivity contribution >= 4 is 5.91 Å². The highest BCUT2D eigenvalue weighted by Crippen LogP contribution is 2.18. The van der Waals surface area contributed by atoms with E-state index in [1.807, 2.05) is 4.90 Å². The first-order valence-electron chi connectivity index (χ1n) is 7.12. The van der Waals surface area contributed by atoms with Gasteiger partial charge in [0.25, 0.3) is 0 Å². The number of nitrogens with one attached hydrogen (secondary N) is 1. The third-order valence-electron chi connectivity index (χ3n) is 3.55. The molecule has 1 N–H and O–H groups in total. The molecule has 1 amide bonds. The van der Waals surface area contributed by atoms with Gasteiger partial charge in [-0.1, -0.05) is 13.8 Å². The van der Waals surface area contributed by atoms with E-state index in [-0.39, 0.29) is 0 Å². The summed E-state index contributed by atoms with van der Waals surface area (Å²) in [7, 11) is 0. The van der Waals surface area contributed by atoms with Crippen molar-refractivity contribution in [1.82, 2.24) is 10.2 Å². The molecule has 0 radical (unpaired) electrons. The zero-order valence-electron chi connectivity index (χ0n) is 11.7. The summed E-state index contributed by atoms with van der Waals surface area (Å²) in [4.78, 5) is 14.1. The molecule has 1 fully saturated rings. The van der Waals surface area contributed by atoms with Gasteiger partial charge in [0.1, 0.15) is 0 Å². The van der Waals surface area contributed by atoms with Crippen molar-refractivity contribution in [2.75, 3.05) is 26.2 Å². The highest BCUT2D eigenvalue weighted by molar-refractivity contribution is 5.76. The lowest BCUT2D eigenvalue weighted by atomic mass is 9.93. The number of piperidine rings is 1. The van der Waals surface area contributed by atoms with Gasteiger partial charge in [0, 0.05) is 19.5 Å². The summed E-state index contributed by atoms with van der Waals surface area (Å²) < 4.78 is 0. The topological polar surface area (TPSA) is 32.3 Å². The van der Waals surface area contributed by atoms with Gasteiger partial charge in [-0.05, 0) is 51.1 Å². The second-order valence-corrected chi connectivity index (χ2v) is 5.56. The van der Waals surface area contributed by atoms with Crippen LogP contribution >= 0.6 is 0 Å². The molecule has 0 aromatic rings. The summed E-state index contributed by atoms with van der Waals surface area (Å²) in [6, 6.07) is 0. The molecule has 0 saturated carbocycles. The van der Waals surface area contributed by atoms with E-state index in [2.05, 4.69) is 26.1 Å². The van der Waals surface area contributed by atoms with Gasteiger partial charge in [-0.15, -0.1) is 0 Å². The van der Waals surface area contributed by atoms with Gasteiger partial charge >= 0.3 is 0 Å². The Labute approximate surface area is 106 Å². The van der Waals surface area contributed by atoms with Crippen LogP contribution in [0.1, 0.15) is 46.5 Å². The Kier molecular flexibility index (Phi) is 6.56. The number of hydrogen-bond donors (Lipinski definition) is 1. The smallest absolute Gasteiger partial charge is 0.222 e. The summed E-state index contributed by atoms with van der Waals surface area (Å²) >= 11 is 0. The number of rotatable bonds is 6. The molecule has 0 aliphatic carbocycles. The molecule has 0 atom stereocenters. The maximum atomic E-state index is 12.1. The lowest BCUT2D eigenvalue weighted by molar-refractivity contribution is -0.131. The Morgan fingerprint density at radius 2 is 2.00 bits per heavy atom. The monoisotopic (exact) mass is 240 g/mol. The van der Waals surface area contributed by atoms with Crippen molar-refractivity contribution in [3.8, 4) is 0 Å². The van der Waals surface area contributed by atoms with Gasteiger partial charge < -0.3 is 10.2 Å². The van der Waals surface area contributed by atoms with Crippen LogP contribution in [0.15, 0.2) is 0 Å². The number of amides is 1. The standard InChI is InChI=1S/C14H28N2O/c1-4-16(11-12(2)3)14(17)6-5-13-7-9-15-10-8-13/h12-13,15H,4-11H2,1-3H3. The van der Waals surface area contributed by atoms with Gasteiger partial charge in [0.2, 0.25) is 5.91 Å². The highest BCUT2D eigenvalue weighted by atomic mass is 16.2. The molecule has 1 aliphatic heterocycles. The van der Waals surface area contributed by atoms with Crippen LogP contribution in [0, 0.1) is 11.8 Å². The molecule has 3 heteroatoms. The Morgan fingerprint density at radius 3 is 2.53 bits per heavy atom. The van der Waals surface area contributed by atoms with E-state index in [0.717, 1.165) is 44.9 Å². The molecule has 1 saturated heterocycles. The Hall–Kier alpha value is -0.570. The third kappa shape index (κ3) is 5.53. The summed E-state index contributed by atoms with van der Waals surface area (Å²) in [5, 5.41) is 3.37. The number of carbonyl (C=O) groups excluding carboxylic acids is 1. The van der Waals surface area contributed by atoms with Crippen LogP contribution in [0.3, 0.4) is 0 Å². The average molecular weight is 240 g/mol. The predicted octanol–water partition coefficient (Wildman–Crippen LogP) is 2.27. The van der Waals surface area contributed by atoms with Crippen LogP contribution in [-0.2, 0) is 4.79 Å². The largest absolute Gasteiger partial charge is 0.343 e. The van der Waals surface area contributed by atoms with E-state index in [0.29, 0.717) is 11.8 Å². The van der Waals surface area contributed by atoms with Crippen LogP contribution in [0.5, 0.6) is 0 Å². The summed E-state index contributed by atoms with van der Waals surface area (Å²) in [5.74, 6) is 1.68. The minimum atomic E-state index is 0.347. The summed E-state index contributed by atoms with van der Waals surface area (Å²) in [6.07, 6.45) is 4.30. The van der Waals surface area contributed by atoms with Crippen molar-refractivity contribution in [3.63, 3.8) is 0 Å². The molecule has 17 heavy (non-hydrogen) atoms. The molecular formula is C14H28N2O. The maximum Gasteiger partial charge on any atom is 0.222 e. The molecule has 0 bridgehead atoms. The quantitative estimate of drug-likeness (QED) is 0.772. The Bertz CT molecular complexity index is 222. The van der Waals surface area contributed by atoms with Crippen molar-refractivity contribution < 1.29 is 4.79 Å². The van der Waals surface area contributed by atoms with Gasteiger partial charge in [0.05, 0.1) is 0 Å². The van der Waals surface area contributed by atoms with E-state index >= 15 is 0 Å². The van der Waals surface area contributed by atoms with Gasteiger partial charge in [0.15, 0.2) is 0 Å². The molecule has 0 spiro atoms. The van der Waals surface area contributed by atoms with Crippen LogP contribution in [0.2, 0.25) is 0 Å². The minimum Gasteiger partial charge on any atom is -0.343 e. The molecule has 1 rings (SSSR count). The molecule has 1 heterocycles. The summed E-state index contributed by atoms with van der Waals surface area (Å²) in [5.41, 5.74) is 0. The lowest BCUT2D eigenvalue weighted by Gasteiger charge is -2.26. The zero-order valence-corrected chi connectivity index (χ0v) is 11.7. The first-order chi connectivity index (χ1) is 8.13. The molecule has 100 valence electrons.